The molecule has 1 aromatic carbocycles. The van der Waals surface area contributed by atoms with Gasteiger partial charge in [0.15, 0.2) is 0 Å². The van der Waals surface area contributed by atoms with E-state index in [1.807, 2.05) is 31.1 Å². The molecule has 7 heteroatoms. The lowest BCUT2D eigenvalue weighted by Gasteiger charge is -2.26. The number of primary amides is 1. The number of nitrogens with zero attached hydrogens (tertiary/aromatic N) is 3. The molecule has 1 atom stereocenters. The number of rotatable bonds is 4. The second kappa shape index (κ2) is 6.94. The third kappa shape index (κ3) is 3.37. The number of carbonyl (C=O) groups excluding carboxylic acids is 1. The minimum Gasteiger partial charge on any atom is -0.369 e. The molecule has 1 aliphatic heterocycles. The molecule has 7 nitrogen and oxygen atoms in total. The maximum Gasteiger partial charge on any atom is 0.248 e. The lowest BCUT2D eigenvalue weighted by molar-refractivity contribution is 0.0254. The van der Waals surface area contributed by atoms with Gasteiger partial charge in [0, 0.05) is 44.5 Å². The van der Waals surface area contributed by atoms with Crippen molar-refractivity contribution in [1.29, 1.82) is 0 Å². The molecule has 126 valence electrons. The normalized spacial score (nSPS) is 17.5. The Balaban J connectivity index is 2.03. The topological polar surface area (TPSA) is 93.4 Å². The lowest BCUT2D eigenvalue weighted by Crippen LogP contribution is -2.34. The fourth-order valence-electron chi connectivity index (χ4n) is 2.62. The number of hydrogen-bond acceptors (Lipinski definition) is 6. The van der Waals surface area contributed by atoms with Crippen LogP contribution in [0.1, 0.15) is 22.2 Å². The predicted molar refractivity (Wildman–Crippen MR) is 91.9 cm³/mol. The molecule has 3 N–H and O–H groups in total. The first-order valence-electron chi connectivity index (χ1n) is 7.83. The molecule has 1 amide bonds. The summed E-state index contributed by atoms with van der Waals surface area (Å²) >= 11 is 0. The van der Waals surface area contributed by atoms with Crippen LogP contribution in [-0.2, 0) is 4.74 Å². The third-order valence-corrected chi connectivity index (χ3v) is 3.92. The molecule has 2 heterocycles. The van der Waals surface area contributed by atoms with Crippen molar-refractivity contribution in [3.8, 4) is 11.1 Å². The number of nitrogens with two attached hydrogens (primary N) is 1. The SMILES string of the molecule is CN(C)c1ncc(-c2ccc(C(N)=O)cc2)c([C@@H]2CNCCO2)n1. The second-order valence-electron chi connectivity index (χ2n) is 5.87. The van der Waals surface area contributed by atoms with Crippen LogP contribution in [0.3, 0.4) is 0 Å². The number of nitrogens with one attached hydrogen (secondary N) is 1. The van der Waals surface area contributed by atoms with Gasteiger partial charge in [-0.05, 0) is 17.7 Å². The van der Waals surface area contributed by atoms with Gasteiger partial charge < -0.3 is 20.7 Å². The molecule has 24 heavy (non-hydrogen) atoms. The quantitative estimate of drug-likeness (QED) is 0.869. The van der Waals surface area contributed by atoms with Crippen LogP contribution >= 0.6 is 0 Å². The Morgan fingerprint density at radius 3 is 2.67 bits per heavy atom. The second-order valence-corrected chi connectivity index (χ2v) is 5.87. The van der Waals surface area contributed by atoms with Crippen molar-refractivity contribution in [2.45, 2.75) is 6.10 Å². The summed E-state index contributed by atoms with van der Waals surface area (Å²) in [4.78, 5) is 22.2. The van der Waals surface area contributed by atoms with Crippen molar-refractivity contribution in [3.05, 3.63) is 41.7 Å². The van der Waals surface area contributed by atoms with Gasteiger partial charge in [0.1, 0.15) is 6.10 Å². The molecule has 1 fully saturated rings. The van der Waals surface area contributed by atoms with Crippen LogP contribution in [0, 0.1) is 0 Å². The highest BCUT2D eigenvalue weighted by Crippen LogP contribution is 2.30. The Hall–Kier alpha value is -2.51. The van der Waals surface area contributed by atoms with E-state index in [1.54, 1.807) is 18.3 Å². The number of hydrogen-bond donors (Lipinski definition) is 2. The zero-order valence-corrected chi connectivity index (χ0v) is 13.8. The number of aromatic nitrogens is 2. The Morgan fingerprint density at radius 1 is 1.33 bits per heavy atom. The number of anilines is 1. The highest BCUT2D eigenvalue weighted by Gasteiger charge is 2.22. The largest absolute Gasteiger partial charge is 0.369 e. The Labute approximate surface area is 140 Å². The van der Waals surface area contributed by atoms with Crippen LogP contribution in [-0.4, -0.2) is 49.7 Å². The molecule has 0 bridgehead atoms. The Morgan fingerprint density at radius 2 is 2.08 bits per heavy atom. The molecular formula is C17H21N5O2. The van der Waals surface area contributed by atoms with Crippen molar-refractivity contribution in [2.24, 2.45) is 5.73 Å². The molecule has 0 aliphatic carbocycles. The number of ether oxygens (including phenoxy) is 1. The van der Waals surface area contributed by atoms with E-state index in [2.05, 4.69) is 15.3 Å². The van der Waals surface area contributed by atoms with Gasteiger partial charge in [0.25, 0.3) is 0 Å². The molecule has 0 radical (unpaired) electrons. The van der Waals surface area contributed by atoms with Gasteiger partial charge in [-0.1, -0.05) is 12.1 Å². The molecule has 0 saturated carbocycles. The van der Waals surface area contributed by atoms with Crippen LogP contribution in [0.4, 0.5) is 5.95 Å². The number of carbonyl (C=O) groups is 1. The zero-order valence-electron chi connectivity index (χ0n) is 13.8. The van der Waals surface area contributed by atoms with Crippen LogP contribution in [0.15, 0.2) is 30.5 Å². The summed E-state index contributed by atoms with van der Waals surface area (Å²) in [5, 5.41) is 3.32. The summed E-state index contributed by atoms with van der Waals surface area (Å²) in [6, 6.07) is 7.13. The van der Waals surface area contributed by atoms with Crippen molar-refractivity contribution >= 4 is 11.9 Å². The van der Waals surface area contributed by atoms with Gasteiger partial charge in [-0.25, -0.2) is 9.97 Å². The molecular weight excluding hydrogens is 306 g/mol. The fourth-order valence-corrected chi connectivity index (χ4v) is 2.62. The van der Waals surface area contributed by atoms with Gasteiger partial charge >= 0.3 is 0 Å². The van der Waals surface area contributed by atoms with Gasteiger partial charge in [-0.3, -0.25) is 4.79 Å². The zero-order chi connectivity index (χ0) is 17.1. The van der Waals surface area contributed by atoms with E-state index < -0.39 is 5.91 Å². The predicted octanol–water partition coefficient (Wildman–Crippen LogP) is 0.969. The minimum atomic E-state index is -0.444. The summed E-state index contributed by atoms with van der Waals surface area (Å²) in [7, 11) is 3.81. The van der Waals surface area contributed by atoms with E-state index >= 15 is 0 Å². The molecule has 0 spiro atoms. The van der Waals surface area contributed by atoms with Crippen LogP contribution in [0.2, 0.25) is 0 Å². The first kappa shape index (κ1) is 16.4. The van der Waals surface area contributed by atoms with E-state index in [9.17, 15) is 4.79 Å². The maximum atomic E-state index is 11.2. The van der Waals surface area contributed by atoms with E-state index in [4.69, 9.17) is 10.5 Å². The van der Waals surface area contributed by atoms with E-state index in [0.717, 1.165) is 23.4 Å². The van der Waals surface area contributed by atoms with Gasteiger partial charge in [-0.15, -0.1) is 0 Å². The van der Waals surface area contributed by atoms with Crippen LogP contribution in [0.5, 0.6) is 0 Å². The highest BCUT2D eigenvalue weighted by molar-refractivity contribution is 5.93. The molecule has 1 saturated heterocycles. The first-order chi connectivity index (χ1) is 11.6. The summed E-state index contributed by atoms with van der Waals surface area (Å²) in [6.45, 7) is 2.19. The molecule has 3 rings (SSSR count). The average Bonchev–Trinajstić information content (AvgIpc) is 2.62. The third-order valence-electron chi connectivity index (χ3n) is 3.92. The van der Waals surface area contributed by atoms with E-state index in [0.29, 0.717) is 24.7 Å². The molecule has 1 aliphatic rings. The van der Waals surface area contributed by atoms with Crippen molar-refractivity contribution in [2.75, 3.05) is 38.7 Å². The summed E-state index contributed by atoms with van der Waals surface area (Å²) < 4.78 is 5.88. The summed E-state index contributed by atoms with van der Waals surface area (Å²) in [5.74, 6) is 0.192. The molecule has 1 aromatic heterocycles. The summed E-state index contributed by atoms with van der Waals surface area (Å²) in [5.41, 5.74) is 8.44. The average molecular weight is 327 g/mol. The minimum absolute atomic E-state index is 0.133. The van der Waals surface area contributed by atoms with Crippen LogP contribution < -0.4 is 16.0 Å². The smallest absolute Gasteiger partial charge is 0.248 e. The number of morpholine rings is 1. The first-order valence-corrected chi connectivity index (χ1v) is 7.83. The Kier molecular flexibility index (Phi) is 4.73. The number of amides is 1. The Bertz CT molecular complexity index is 724. The van der Waals surface area contributed by atoms with E-state index in [1.165, 1.54) is 0 Å². The molecule has 2 aromatic rings. The van der Waals surface area contributed by atoms with Gasteiger partial charge in [0.05, 0.1) is 12.3 Å². The number of benzene rings is 1. The highest BCUT2D eigenvalue weighted by atomic mass is 16.5. The van der Waals surface area contributed by atoms with Crippen LogP contribution in [0.25, 0.3) is 11.1 Å². The van der Waals surface area contributed by atoms with Crippen molar-refractivity contribution in [3.63, 3.8) is 0 Å². The fraction of sp³-hybridized carbons (Fsp3) is 0.353. The molecule has 0 unspecified atom stereocenters. The van der Waals surface area contributed by atoms with Gasteiger partial charge in [-0.2, -0.15) is 0 Å². The van der Waals surface area contributed by atoms with E-state index in [-0.39, 0.29) is 6.10 Å². The van der Waals surface area contributed by atoms with Crippen molar-refractivity contribution in [1.82, 2.24) is 15.3 Å². The summed E-state index contributed by atoms with van der Waals surface area (Å²) in [6.07, 6.45) is 1.67. The maximum absolute atomic E-state index is 11.2. The standard InChI is InChI=1S/C17H21N5O2/c1-22(2)17-20-9-13(11-3-5-12(6-4-11)16(18)23)15(21-17)14-10-19-7-8-24-14/h3-6,9,14,19H,7-8,10H2,1-2H3,(H2,18,23)/t14-/m0/s1. The van der Waals surface area contributed by atoms with Crippen molar-refractivity contribution < 1.29 is 9.53 Å². The monoisotopic (exact) mass is 327 g/mol. The van der Waals surface area contributed by atoms with Gasteiger partial charge in [0.2, 0.25) is 11.9 Å². The lowest BCUT2D eigenvalue weighted by atomic mass is 10.0.